The second kappa shape index (κ2) is 6.87. The molecule has 3 aromatic rings. The molecule has 1 heterocycles. The molecule has 0 unspecified atom stereocenters. The Morgan fingerprint density at radius 1 is 1.17 bits per heavy atom. The first kappa shape index (κ1) is 16.2. The number of fused-ring (bicyclic) bond motifs is 1. The summed E-state index contributed by atoms with van der Waals surface area (Å²) in [5, 5.41) is 2.82. The normalized spacial score (nSPS) is 11.0. The molecule has 0 aliphatic heterocycles. The molecule has 0 aliphatic rings. The van der Waals surface area contributed by atoms with Gasteiger partial charge in [-0.05, 0) is 49.1 Å². The van der Waals surface area contributed by atoms with Gasteiger partial charge in [0, 0.05) is 19.4 Å². The van der Waals surface area contributed by atoms with Crippen molar-refractivity contribution in [2.75, 3.05) is 6.54 Å². The third-order valence-electron chi connectivity index (χ3n) is 4.44. The fourth-order valence-electron chi connectivity index (χ4n) is 3.01. The van der Waals surface area contributed by atoms with E-state index in [-0.39, 0.29) is 5.91 Å². The molecule has 0 saturated carbocycles. The van der Waals surface area contributed by atoms with Gasteiger partial charge in [-0.25, -0.2) is 4.98 Å². The van der Waals surface area contributed by atoms with Crippen molar-refractivity contribution < 1.29 is 4.79 Å². The van der Waals surface area contributed by atoms with Crippen LogP contribution >= 0.6 is 0 Å². The number of rotatable bonds is 5. The summed E-state index contributed by atoms with van der Waals surface area (Å²) in [4.78, 5) is 19.7. The van der Waals surface area contributed by atoms with Gasteiger partial charge in [0.05, 0.1) is 11.0 Å². The summed E-state index contributed by atoms with van der Waals surface area (Å²) >= 11 is 0. The minimum Gasteiger partial charge on any atom is -0.356 e. The molecule has 2 aromatic carbocycles. The average Bonchev–Trinajstić information content (AvgIpc) is 3.01. The Balaban J connectivity index is 1.95. The number of aromatic nitrogens is 2. The third kappa shape index (κ3) is 3.18. The van der Waals surface area contributed by atoms with Crippen LogP contribution in [0.1, 0.15) is 30.3 Å². The second-order valence-corrected chi connectivity index (χ2v) is 6.07. The van der Waals surface area contributed by atoms with Crippen molar-refractivity contribution in [1.82, 2.24) is 15.3 Å². The van der Waals surface area contributed by atoms with Gasteiger partial charge >= 0.3 is 0 Å². The van der Waals surface area contributed by atoms with Gasteiger partial charge in [0.15, 0.2) is 0 Å². The van der Waals surface area contributed by atoms with Crippen molar-refractivity contribution in [3.8, 4) is 11.1 Å². The molecular formula is C20H23N3O. The first-order valence-corrected chi connectivity index (χ1v) is 8.41. The van der Waals surface area contributed by atoms with Crippen LogP contribution in [0, 0.1) is 13.8 Å². The summed E-state index contributed by atoms with van der Waals surface area (Å²) in [5.74, 6) is 0.930. The number of nitrogens with zero attached hydrogens (tertiary/aromatic N) is 1. The Morgan fingerprint density at radius 2 is 1.92 bits per heavy atom. The molecule has 4 heteroatoms. The molecule has 0 saturated heterocycles. The topological polar surface area (TPSA) is 57.8 Å². The van der Waals surface area contributed by atoms with E-state index in [4.69, 9.17) is 4.98 Å². The second-order valence-electron chi connectivity index (χ2n) is 6.07. The van der Waals surface area contributed by atoms with Gasteiger partial charge in [-0.15, -0.1) is 0 Å². The van der Waals surface area contributed by atoms with Crippen LogP contribution in [0.25, 0.3) is 22.2 Å². The molecule has 0 spiro atoms. The van der Waals surface area contributed by atoms with Crippen LogP contribution in [-0.4, -0.2) is 22.4 Å². The Bertz CT molecular complexity index is 865. The van der Waals surface area contributed by atoms with Crippen LogP contribution in [0.3, 0.4) is 0 Å². The van der Waals surface area contributed by atoms with E-state index < -0.39 is 0 Å². The van der Waals surface area contributed by atoms with Crippen molar-refractivity contribution in [1.29, 1.82) is 0 Å². The number of hydrogen-bond donors (Lipinski definition) is 2. The molecule has 0 radical (unpaired) electrons. The number of amides is 1. The number of H-pyrrole nitrogens is 1. The molecule has 0 atom stereocenters. The zero-order chi connectivity index (χ0) is 17.1. The number of hydrogen-bond acceptors (Lipinski definition) is 2. The molecule has 124 valence electrons. The van der Waals surface area contributed by atoms with Crippen molar-refractivity contribution in [2.24, 2.45) is 0 Å². The maximum absolute atomic E-state index is 11.6. The van der Waals surface area contributed by atoms with Crippen LogP contribution in [0.5, 0.6) is 0 Å². The summed E-state index contributed by atoms with van der Waals surface area (Å²) in [5.41, 5.74) is 6.89. The lowest BCUT2D eigenvalue weighted by molar-refractivity contribution is -0.120. The van der Waals surface area contributed by atoms with Gasteiger partial charge in [0.1, 0.15) is 5.82 Å². The largest absolute Gasteiger partial charge is 0.356 e. The van der Waals surface area contributed by atoms with Gasteiger partial charge in [0.25, 0.3) is 0 Å². The maximum Gasteiger partial charge on any atom is 0.220 e. The predicted molar refractivity (Wildman–Crippen MR) is 98.0 cm³/mol. The highest BCUT2D eigenvalue weighted by atomic mass is 16.1. The van der Waals surface area contributed by atoms with Gasteiger partial charge in [0.2, 0.25) is 5.91 Å². The van der Waals surface area contributed by atoms with Crippen LogP contribution in [0.15, 0.2) is 36.4 Å². The Kier molecular flexibility index (Phi) is 4.65. The molecule has 24 heavy (non-hydrogen) atoms. The summed E-state index contributed by atoms with van der Waals surface area (Å²) < 4.78 is 0. The van der Waals surface area contributed by atoms with Crippen LogP contribution < -0.4 is 5.32 Å². The minimum atomic E-state index is 0.0656. The van der Waals surface area contributed by atoms with Crippen molar-refractivity contribution in [3.63, 3.8) is 0 Å². The number of aromatic amines is 1. The fraction of sp³-hybridized carbons (Fsp3) is 0.300. The number of imidazole rings is 1. The first-order chi connectivity index (χ1) is 11.6. The van der Waals surface area contributed by atoms with Crippen molar-refractivity contribution in [2.45, 2.75) is 33.6 Å². The van der Waals surface area contributed by atoms with E-state index in [1.807, 2.05) is 13.0 Å². The molecular weight excluding hydrogens is 298 g/mol. The zero-order valence-electron chi connectivity index (χ0n) is 14.4. The van der Waals surface area contributed by atoms with Crippen LogP contribution in [-0.2, 0) is 11.2 Å². The van der Waals surface area contributed by atoms with Crippen molar-refractivity contribution in [3.05, 3.63) is 53.3 Å². The maximum atomic E-state index is 11.6. The quantitative estimate of drug-likeness (QED) is 0.748. The standard InChI is InChI=1S/C20H23N3O/c1-4-21-19(24)11-10-18-22-17-12-16(15-8-6-5-7-9-15)13(2)14(3)20(17)23-18/h5-9,12H,4,10-11H2,1-3H3,(H,21,24)(H,22,23). The van der Waals surface area contributed by atoms with Crippen LogP contribution in [0.2, 0.25) is 0 Å². The number of carbonyl (C=O) groups excluding carboxylic acids is 1. The molecule has 0 bridgehead atoms. The monoisotopic (exact) mass is 321 g/mol. The van der Waals surface area contributed by atoms with Gasteiger partial charge in [-0.2, -0.15) is 0 Å². The summed E-state index contributed by atoms with van der Waals surface area (Å²) in [6.45, 7) is 6.84. The number of benzene rings is 2. The highest BCUT2D eigenvalue weighted by molar-refractivity contribution is 5.87. The molecule has 2 N–H and O–H groups in total. The average molecular weight is 321 g/mol. The highest BCUT2D eigenvalue weighted by Crippen LogP contribution is 2.30. The Labute approximate surface area is 142 Å². The lowest BCUT2D eigenvalue weighted by atomic mass is 9.96. The van der Waals surface area contributed by atoms with Crippen LogP contribution in [0.4, 0.5) is 0 Å². The van der Waals surface area contributed by atoms with Gasteiger partial charge < -0.3 is 10.3 Å². The zero-order valence-corrected chi connectivity index (χ0v) is 14.4. The van der Waals surface area contributed by atoms with E-state index in [1.54, 1.807) is 0 Å². The molecule has 1 amide bonds. The van der Waals surface area contributed by atoms with E-state index in [2.05, 4.69) is 54.5 Å². The Morgan fingerprint density at radius 3 is 2.62 bits per heavy atom. The number of carbonyl (C=O) groups is 1. The van der Waals surface area contributed by atoms with Crippen molar-refractivity contribution >= 4 is 16.9 Å². The molecule has 0 aliphatic carbocycles. The molecule has 0 fully saturated rings. The van der Waals surface area contributed by atoms with E-state index in [1.165, 1.54) is 22.3 Å². The SMILES string of the molecule is CCNC(=O)CCc1nc2c(C)c(C)c(-c3ccccc3)cc2[nH]1. The number of nitrogens with one attached hydrogen (secondary N) is 2. The van der Waals surface area contributed by atoms with Gasteiger partial charge in [-0.1, -0.05) is 30.3 Å². The highest BCUT2D eigenvalue weighted by Gasteiger charge is 2.13. The fourth-order valence-corrected chi connectivity index (χ4v) is 3.01. The summed E-state index contributed by atoms with van der Waals surface area (Å²) in [6, 6.07) is 12.5. The summed E-state index contributed by atoms with van der Waals surface area (Å²) in [6.07, 6.45) is 1.08. The number of aryl methyl sites for hydroxylation is 2. The van der Waals surface area contributed by atoms with Gasteiger partial charge in [-0.3, -0.25) is 4.79 Å². The first-order valence-electron chi connectivity index (χ1n) is 8.41. The van der Waals surface area contributed by atoms with E-state index in [0.29, 0.717) is 19.4 Å². The Hall–Kier alpha value is -2.62. The summed E-state index contributed by atoms with van der Waals surface area (Å²) in [7, 11) is 0. The lowest BCUT2D eigenvalue weighted by Crippen LogP contribution is -2.22. The van der Waals surface area contributed by atoms with E-state index >= 15 is 0 Å². The smallest absolute Gasteiger partial charge is 0.220 e. The molecule has 3 rings (SSSR count). The predicted octanol–water partition coefficient (Wildman–Crippen LogP) is 3.92. The third-order valence-corrected chi connectivity index (χ3v) is 4.44. The van der Waals surface area contributed by atoms with E-state index in [0.717, 1.165) is 16.9 Å². The molecule has 4 nitrogen and oxygen atoms in total. The molecule has 1 aromatic heterocycles. The lowest BCUT2D eigenvalue weighted by Gasteiger charge is -2.09. The minimum absolute atomic E-state index is 0.0656. The van der Waals surface area contributed by atoms with E-state index in [9.17, 15) is 4.79 Å².